The third kappa shape index (κ3) is 4.52. The summed E-state index contributed by atoms with van der Waals surface area (Å²) in [4.78, 5) is 0. The first-order valence-corrected chi connectivity index (χ1v) is 9.58. The Hall–Kier alpha value is -2.15. The number of aromatic nitrogens is 3. The molecule has 26 heavy (non-hydrogen) atoms. The van der Waals surface area contributed by atoms with Gasteiger partial charge in [0.1, 0.15) is 0 Å². The van der Waals surface area contributed by atoms with E-state index in [-0.39, 0.29) is 6.61 Å². The van der Waals surface area contributed by atoms with Gasteiger partial charge in [0.2, 0.25) is 0 Å². The number of aryl methyl sites for hydroxylation is 2. The van der Waals surface area contributed by atoms with Crippen molar-refractivity contribution in [3.63, 3.8) is 0 Å². The Balaban J connectivity index is 1.91. The fourth-order valence-corrected chi connectivity index (χ4v) is 3.34. The van der Waals surface area contributed by atoms with Gasteiger partial charge in [-0.1, -0.05) is 59.3 Å². The van der Waals surface area contributed by atoms with Crippen molar-refractivity contribution < 1.29 is 9.84 Å². The Kier molecular flexibility index (Phi) is 6.44. The van der Waals surface area contributed by atoms with Crippen LogP contribution in [0.5, 0.6) is 0 Å². The molecule has 3 aromatic rings. The number of aliphatic hydroxyl groups excluding tert-OH is 1. The summed E-state index contributed by atoms with van der Waals surface area (Å²) in [5.74, 6) is 1.57. The number of nitrogens with zero attached hydrogens (tertiary/aromatic N) is 3. The van der Waals surface area contributed by atoms with Gasteiger partial charge in [-0.15, -0.1) is 10.2 Å². The SMILES string of the molecule is Cc1ccc(-c2nnc(SCCOCCO)n2-c2ccc(C)cc2)cc1. The van der Waals surface area contributed by atoms with Gasteiger partial charge < -0.3 is 9.84 Å². The summed E-state index contributed by atoms with van der Waals surface area (Å²) in [5.41, 5.74) is 4.50. The molecule has 1 aromatic heterocycles. The minimum Gasteiger partial charge on any atom is -0.394 e. The van der Waals surface area contributed by atoms with Crippen LogP contribution in [0.3, 0.4) is 0 Å². The maximum atomic E-state index is 8.79. The molecule has 6 heteroatoms. The van der Waals surface area contributed by atoms with Gasteiger partial charge in [-0.25, -0.2) is 0 Å². The number of hydrogen-bond donors (Lipinski definition) is 1. The average molecular weight is 369 g/mol. The average Bonchev–Trinajstić information content (AvgIpc) is 3.07. The van der Waals surface area contributed by atoms with Gasteiger partial charge in [-0.3, -0.25) is 4.57 Å². The van der Waals surface area contributed by atoms with E-state index in [1.165, 1.54) is 11.1 Å². The molecule has 0 aliphatic heterocycles. The maximum Gasteiger partial charge on any atom is 0.196 e. The Bertz CT molecular complexity index is 829. The molecule has 1 heterocycles. The zero-order chi connectivity index (χ0) is 18.4. The number of ether oxygens (including phenoxy) is 1. The zero-order valence-corrected chi connectivity index (χ0v) is 15.9. The lowest BCUT2D eigenvalue weighted by Crippen LogP contribution is -2.04. The second kappa shape index (κ2) is 8.98. The summed E-state index contributed by atoms with van der Waals surface area (Å²) in [6.07, 6.45) is 0. The molecular formula is C20H23N3O2S. The smallest absolute Gasteiger partial charge is 0.196 e. The minimum absolute atomic E-state index is 0.0434. The van der Waals surface area contributed by atoms with Crippen molar-refractivity contribution in [2.24, 2.45) is 0 Å². The lowest BCUT2D eigenvalue weighted by molar-refractivity contribution is 0.103. The molecule has 0 saturated carbocycles. The van der Waals surface area contributed by atoms with E-state index in [1.807, 2.05) is 0 Å². The van der Waals surface area contributed by atoms with Crippen molar-refractivity contribution in [2.75, 3.05) is 25.6 Å². The molecule has 3 rings (SSSR count). The monoisotopic (exact) mass is 369 g/mol. The highest BCUT2D eigenvalue weighted by Crippen LogP contribution is 2.28. The highest BCUT2D eigenvalue weighted by atomic mass is 32.2. The lowest BCUT2D eigenvalue weighted by Gasteiger charge is -2.11. The van der Waals surface area contributed by atoms with Crippen molar-refractivity contribution in [2.45, 2.75) is 19.0 Å². The summed E-state index contributed by atoms with van der Waals surface area (Å²) in [6.45, 7) is 5.11. The molecule has 2 aromatic carbocycles. The molecule has 0 amide bonds. The maximum absolute atomic E-state index is 8.79. The number of rotatable bonds is 8. The molecule has 1 N–H and O–H groups in total. The minimum atomic E-state index is 0.0434. The van der Waals surface area contributed by atoms with Crippen LogP contribution in [0, 0.1) is 13.8 Å². The van der Waals surface area contributed by atoms with Crippen molar-refractivity contribution >= 4 is 11.8 Å². The summed E-state index contributed by atoms with van der Waals surface area (Å²) in [5, 5.41) is 18.5. The molecule has 0 aliphatic carbocycles. The van der Waals surface area contributed by atoms with Crippen molar-refractivity contribution in [1.82, 2.24) is 14.8 Å². The van der Waals surface area contributed by atoms with Crippen LogP contribution >= 0.6 is 11.8 Å². The molecule has 0 atom stereocenters. The zero-order valence-electron chi connectivity index (χ0n) is 15.1. The summed E-state index contributed by atoms with van der Waals surface area (Å²) < 4.78 is 7.43. The summed E-state index contributed by atoms with van der Waals surface area (Å²) in [6, 6.07) is 16.7. The molecule has 0 saturated heterocycles. The first-order valence-electron chi connectivity index (χ1n) is 8.60. The van der Waals surface area contributed by atoms with E-state index in [9.17, 15) is 0 Å². The Morgan fingerprint density at radius 2 is 1.58 bits per heavy atom. The van der Waals surface area contributed by atoms with E-state index >= 15 is 0 Å². The number of hydrogen-bond acceptors (Lipinski definition) is 5. The molecule has 136 valence electrons. The number of aliphatic hydroxyl groups is 1. The highest BCUT2D eigenvalue weighted by molar-refractivity contribution is 7.99. The standard InChI is InChI=1S/C20H23N3O2S/c1-15-3-7-17(8-4-15)19-21-22-20(26-14-13-25-12-11-24)23(19)18-9-5-16(2)6-10-18/h3-10,24H,11-14H2,1-2H3. The van der Waals surface area contributed by atoms with Crippen LogP contribution in [0.15, 0.2) is 53.7 Å². The Morgan fingerprint density at radius 1 is 0.923 bits per heavy atom. The largest absolute Gasteiger partial charge is 0.394 e. The van der Waals surface area contributed by atoms with E-state index in [0.717, 1.165) is 28.0 Å². The van der Waals surface area contributed by atoms with Gasteiger partial charge >= 0.3 is 0 Å². The van der Waals surface area contributed by atoms with Crippen LogP contribution in [0.4, 0.5) is 0 Å². The van der Waals surface area contributed by atoms with Gasteiger partial charge in [0.05, 0.1) is 19.8 Å². The lowest BCUT2D eigenvalue weighted by atomic mass is 10.1. The van der Waals surface area contributed by atoms with Crippen molar-refractivity contribution in [3.8, 4) is 17.1 Å². The van der Waals surface area contributed by atoms with Crippen LogP contribution in [0.25, 0.3) is 17.1 Å². The second-order valence-corrected chi connectivity index (χ2v) is 7.09. The van der Waals surface area contributed by atoms with E-state index in [0.29, 0.717) is 13.2 Å². The van der Waals surface area contributed by atoms with Crippen LogP contribution in [-0.4, -0.2) is 45.4 Å². The van der Waals surface area contributed by atoms with E-state index in [4.69, 9.17) is 9.84 Å². The Labute approximate surface area is 158 Å². The quantitative estimate of drug-likeness (QED) is 0.485. The molecule has 0 aliphatic rings. The van der Waals surface area contributed by atoms with E-state index in [1.54, 1.807) is 11.8 Å². The predicted octanol–water partition coefficient (Wildman–Crippen LogP) is 3.65. The van der Waals surface area contributed by atoms with Gasteiger partial charge in [-0.2, -0.15) is 0 Å². The van der Waals surface area contributed by atoms with Gasteiger partial charge in [0.15, 0.2) is 11.0 Å². The highest BCUT2D eigenvalue weighted by Gasteiger charge is 2.16. The normalized spacial score (nSPS) is 11.0. The van der Waals surface area contributed by atoms with Gasteiger partial charge in [0, 0.05) is 17.0 Å². The number of benzene rings is 2. The van der Waals surface area contributed by atoms with Crippen LogP contribution in [0.2, 0.25) is 0 Å². The number of thioether (sulfide) groups is 1. The predicted molar refractivity (Wildman–Crippen MR) is 105 cm³/mol. The molecule has 0 radical (unpaired) electrons. The first-order chi connectivity index (χ1) is 12.7. The van der Waals surface area contributed by atoms with Gasteiger partial charge in [-0.05, 0) is 26.0 Å². The third-order valence-electron chi connectivity index (χ3n) is 3.93. The fraction of sp³-hybridized carbons (Fsp3) is 0.300. The summed E-state index contributed by atoms with van der Waals surface area (Å²) in [7, 11) is 0. The summed E-state index contributed by atoms with van der Waals surface area (Å²) >= 11 is 1.60. The molecule has 0 spiro atoms. The van der Waals surface area contributed by atoms with Crippen LogP contribution < -0.4 is 0 Å². The first kappa shape index (κ1) is 18.6. The Morgan fingerprint density at radius 3 is 2.23 bits per heavy atom. The fourth-order valence-electron chi connectivity index (χ4n) is 2.54. The van der Waals surface area contributed by atoms with Gasteiger partial charge in [0.25, 0.3) is 0 Å². The van der Waals surface area contributed by atoms with Crippen molar-refractivity contribution in [3.05, 3.63) is 59.7 Å². The van der Waals surface area contributed by atoms with E-state index in [2.05, 4.69) is 77.1 Å². The van der Waals surface area contributed by atoms with Crippen LogP contribution in [-0.2, 0) is 4.74 Å². The topological polar surface area (TPSA) is 60.2 Å². The molecule has 5 nitrogen and oxygen atoms in total. The molecule has 0 bridgehead atoms. The molecule has 0 fully saturated rings. The molecular weight excluding hydrogens is 346 g/mol. The molecule has 0 unspecified atom stereocenters. The van der Waals surface area contributed by atoms with E-state index < -0.39 is 0 Å². The third-order valence-corrected chi connectivity index (χ3v) is 4.82. The second-order valence-electron chi connectivity index (χ2n) is 6.03. The van der Waals surface area contributed by atoms with Crippen LogP contribution in [0.1, 0.15) is 11.1 Å². The van der Waals surface area contributed by atoms with Crippen molar-refractivity contribution in [1.29, 1.82) is 0 Å².